The zero-order valence-corrected chi connectivity index (χ0v) is 18.2. The Labute approximate surface area is 183 Å². The number of anilines is 1. The lowest BCUT2D eigenvalue weighted by Crippen LogP contribution is -2.35. The third-order valence-corrected chi connectivity index (χ3v) is 5.41. The van der Waals surface area contributed by atoms with Gasteiger partial charge in [0.2, 0.25) is 11.8 Å². The highest BCUT2D eigenvalue weighted by atomic mass is 16.2. The van der Waals surface area contributed by atoms with Crippen LogP contribution in [0.3, 0.4) is 0 Å². The number of hydrogen-bond acceptors (Lipinski definition) is 5. The molecular weight excluding hydrogens is 390 g/mol. The fraction of sp³-hybridized carbons (Fsp3) is 0.333. The molecule has 0 unspecified atom stereocenters. The van der Waals surface area contributed by atoms with Gasteiger partial charge in [-0.1, -0.05) is 55.8 Å². The lowest BCUT2D eigenvalue weighted by atomic mass is 9.95. The quantitative estimate of drug-likeness (QED) is 0.362. The largest absolute Gasteiger partial charge is 0.396 e. The standard InChI is InChI=1S/C24H31N5O2/c1-3-4-15-27-21(30)13-14-22(31)29-16-17-9-5-6-10-18(17)24(28(2)26)23(25)19-11-7-8-12-20(19)29/h5-12H,3-4,13-16,25-26H2,1-2H3,(H,27,30)/b24-23-. The molecule has 7 heteroatoms. The summed E-state index contributed by atoms with van der Waals surface area (Å²) in [7, 11) is 1.75. The predicted octanol–water partition coefficient (Wildman–Crippen LogP) is 2.82. The second-order valence-corrected chi connectivity index (χ2v) is 7.73. The van der Waals surface area contributed by atoms with E-state index >= 15 is 0 Å². The molecule has 0 aliphatic carbocycles. The van der Waals surface area contributed by atoms with Crippen LogP contribution in [0.1, 0.15) is 49.3 Å². The SMILES string of the molecule is CCCCNC(=O)CCC(=O)N1Cc2ccccc2/C(N(C)N)=C(/N)c2ccccc21. The van der Waals surface area contributed by atoms with Gasteiger partial charge in [-0.05, 0) is 18.1 Å². The molecule has 1 aliphatic rings. The maximum atomic E-state index is 13.2. The fourth-order valence-corrected chi connectivity index (χ4v) is 3.81. The monoisotopic (exact) mass is 421 g/mol. The summed E-state index contributed by atoms with van der Waals surface area (Å²) in [6.07, 6.45) is 2.23. The number of rotatable bonds is 7. The van der Waals surface area contributed by atoms with Gasteiger partial charge in [0.15, 0.2) is 0 Å². The zero-order valence-electron chi connectivity index (χ0n) is 18.2. The Morgan fingerprint density at radius 2 is 1.74 bits per heavy atom. The van der Waals surface area contributed by atoms with E-state index < -0.39 is 0 Å². The first-order valence-electron chi connectivity index (χ1n) is 10.7. The van der Waals surface area contributed by atoms with Gasteiger partial charge in [0.1, 0.15) is 0 Å². The summed E-state index contributed by atoms with van der Waals surface area (Å²) in [5, 5.41) is 4.38. The van der Waals surface area contributed by atoms with E-state index in [1.165, 1.54) is 5.01 Å². The molecule has 2 aromatic carbocycles. The van der Waals surface area contributed by atoms with Crippen molar-refractivity contribution in [2.45, 2.75) is 39.2 Å². The summed E-state index contributed by atoms with van der Waals surface area (Å²) < 4.78 is 0. The molecular formula is C24H31N5O2. The van der Waals surface area contributed by atoms with Crippen molar-refractivity contribution in [3.63, 3.8) is 0 Å². The third-order valence-electron chi connectivity index (χ3n) is 5.41. The van der Waals surface area contributed by atoms with Gasteiger partial charge in [-0.2, -0.15) is 0 Å². The average molecular weight is 422 g/mol. The van der Waals surface area contributed by atoms with E-state index in [1.807, 2.05) is 48.5 Å². The molecule has 5 N–H and O–H groups in total. The molecule has 0 radical (unpaired) electrons. The van der Waals surface area contributed by atoms with Crippen LogP contribution in [0.2, 0.25) is 0 Å². The van der Waals surface area contributed by atoms with Gasteiger partial charge in [0, 0.05) is 37.6 Å². The first-order valence-corrected chi connectivity index (χ1v) is 10.7. The molecule has 1 heterocycles. The van der Waals surface area contributed by atoms with E-state index in [1.54, 1.807) is 11.9 Å². The van der Waals surface area contributed by atoms with E-state index in [9.17, 15) is 9.59 Å². The Bertz CT molecular complexity index is 983. The van der Waals surface area contributed by atoms with Crippen LogP contribution in [-0.2, 0) is 16.1 Å². The number of benzene rings is 2. The van der Waals surface area contributed by atoms with Gasteiger partial charge < -0.3 is 21.0 Å². The highest BCUT2D eigenvalue weighted by molar-refractivity contribution is 6.01. The summed E-state index contributed by atoms with van der Waals surface area (Å²) in [5.74, 6) is 5.92. The molecule has 7 nitrogen and oxygen atoms in total. The number of nitrogens with zero attached hydrogens (tertiary/aromatic N) is 2. The summed E-state index contributed by atoms with van der Waals surface area (Å²) in [5.41, 5.74) is 11.1. The van der Waals surface area contributed by atoms with Crippen molar-refractivity contribution in [3.8, 4) is 0 Å². The topological polar surface area (TPSA) is 105 Å². The number of carbonyl (C=O) groups excluding carboxylic acids is 2. The molecule has 0 bridgehead atoms. The molecule has 2 amide bonds. The van der Waals surface area contributed by atoms with Crippen LogP contribution < -0.4 is 21.8 Å². The minimum absolute atomic E-state index is 0.103. The molecule has 1 aliphatic heterocycles. The lowest BCUT2D eigenvalue weighted by Gasteiger charge is -2.31. The van der Waals surface area contributed by atoms with Gasteiger partial charge in [-0.15, -0.1) is 0 Å². The van der Waals surface area contributed by atoms with Crippen molar-refractivity contribution in [2.24, 2.45) is 11.6 Å². The van der Waals surface area contributed by atoms with Crippen LogP contribution in [0, 0.1) is 0 Å². The Morgan fingerprint density at radius 1 is 1.06 bits per heavy atom. The Morgan fingerprint density at radius 3 is 2.45 bits per heavy atom. The fourth-order valence-electron chi connectivity index (χ4n) is 3.81. The molecule has 0 saturated carbocycles. The van der Waals surface area contributed by atoms with Crippen molar-refractivity contribution in [1.29, 1.82) is 0 Å². The van der Waals surface area contributed by atoms with E-state index in [0.29, 0.717) is 30.2 Å². The Balaban J connectivity index is 1.96. The molecule has 2 aromatic rings. The van der Waals surface area contributed by atoms with Crippen LogP contribution in [0.15, 0.2) is 48.5 Å². The normalized spacial score (nSPS) is 15.4. The van der Waals surface area contributed by atoms with Crippen LogP contribution in [0.4, 0.5) is 5.69 Å². The lowest BCUT2D eigenvalue weighted by molar-refractivity contribution is -0.125. The Kier molecular flexibility index (Phi) is 7.31. The van der Waals surface area contributed by atoms with Crippen LogP contribution in [0.25, 0.3) is 11.4 Å². The molecule has 0 aromatic heterocycles. The minimum Gasteiger partial charge on any atom is -0.396 e. The second-order valence-electron chi connectivity index (χ2n) is 7.73. The summed E-state index contributed by atoms with van der Waals surface area (Å²) in [4.78, 5) is 27.1. The first-order chi connectivity index (χ1) is 14.9. The number of carbonyl (C=O) groups is 2. The van der Waals surface area contributed by atoms with Crippen LogP contribution in [0.5, 0.6) is 0 Å². The number of para-hydroxylation sites is 1. The van der Waals surface area contributed by atoms with Gasteiger partial charge in [0.25, 0.3) is 0 Å². The maximum absolute atomic E-state index is 13.2. The van der Waals surface area contributed by atoms with Crippen molar-refractivity contribution < 1.29 is 9.59 Å². The number of fused-ring (bicyclic) bond motifs is 2. The molecule has 0 atom stereocenters. The molecule has 0 fully saturated rings. The summed E-state index contributed by atoms with van der Waals surface area (Å²) in [6.45, 7) is 3.08. The predicted molar refractivity (Wildman–Crippen MR) is 124 cm³/mol. The van der Waals surface area contributed by atoms with Gasteiger partial charge in [0.05, 0.1) is 23.6 Å². The van der Waals surface area contributed by atoms with Crippen molar-refractivity contribution in [1.82, 2.24) is 10.3 Å². The number of unbranched alkanes of at least 4 members (excludes halogenated alkanes) is 1. The third kappa shape index (κ3) is 5.06. The van der Waals surface area contributed by atoms with Gasteiger partial charge in [-0.25, -0.2) is 5.84 Å². The van der Waals surface area contributed by atoms with Crippen molar-refractivity contribution in [3.05, 3.63) is 65.2 Å². The number of hydrazine groups is 1. The smallest absolute Gasteiger partial charge is 0.227 e. The van der Waals surface area contributed by atoms with Gasteiger partial charge >= 0.3 is 0 Å². The maximum Gasteiger partial charge on any atom is 0.227 e. The Hall–Kier alpha value is -3.32. The molecule has 3 rings (SSSR count). The highest BCUT2D eigenvalue weighted by Gasteiger charge is 2.27. The number of nitrogens with two attached hydrogens (primary N) is 2. The van der Waals surface area contributed by atoms with Crippen molar-refractivity contribution >= 4 is 28.9 Å². The molecule has 0 spiro atoms. The summed E-state index contributed by atoms with van der Waals surface area (Å²) >= 11 is 0. The van der Waals surface area contributed by atoms with E-state index in [-0.39, 0.29) is 24.7 Å². The van der Waals surface area contributed by atoms with E-state index in [4.69, 9.17) is 11.6 Å². The molecule has 0 saturated heterocycles. The highest BCUT2D eigenvalue weighted by Crippen LogP contribution is 2.36. The zero-order chi connectivity index (χ0) is 22.4. The minimum atomic E-state index is -0.120. The average Bonchev–Trinajstić information content (AvgIpc) is 2.76. The van der Waals surface area contributed by atoms with Gasteiger partial charge in [-0.3, -0.25) is 9.59 Å². The van der Waals surface area contributed by atoms with E-state index in [2.05, 4.69) is 12.2 Å². The van der Waals surface area contributed by atoms with Crippen molar-refractivity contribution in [2.75, 3.05) is 18.5 Å². The van der Waals surface area contributed by atoms with E-state index in [0.717, 1.165) is 29.5 Å². The van der Waals surface area contributed by atoms with Crippen LogP contribution in [-0.4, -0.2) is 30.4 Å². The number of amides is 2. The molecule has 164 valence electrons. The molecule has 31 heavy (non-hydrogen) atoms. The summed E-state index contributed by atoms with van der Waals surface area (Å²) in [6, 6.07) is 15.3. The second kappa shape index (κ2) is 10.1. The number of nitrogens with one attached hydrogen (secondary N) is 1. The number of hydrogen-bond donors (Lipinski definition) is 3. The first kappa shape index (κ1) is 22.4. The van der Waals surface area contributed by atoms with Crippen LogP contribution >= 0.6 is 0 Å².